The van der Waals surface area contributed by atoms with Crippen molar-refractivity contribution in [2.45, 2.75) is 13.8 Å². The fourth-order valence-corrected chi connectivity index (χ4v) is 3.79. The molecule has 0 unspecified atom stereocenters. The lowest BCUT2D eigenvalue weighted by molar-refractivity contribution is 0.102. The van der Waals surface area contributed by atoms with E-state index in [9.17, 15) is 9.18 Å². The fourth-order valence-electron chi connectivity index (χ4n) is 2.16. The molecule has 0 spiro atoms. The summed E-state index contributed by atoms with van der Waals surface area (Å²) in [5, 5.41) is 3.63. The number of amides is 1. The highest BCUT2D eigenvalue weighted by molar-refractivity contribution is 7.16. The van der Waals surface area contributed by atoms with Crippen molar-refractivity contribution in [3.05, 3.63) is 45.7 Å². The van der Waals surface area contributed by atoms with Gasteiger partial charge in [0.2, 0.25) is 0 Å². The molecule has 0 aliphatic heterocycles. The Morgan fingerprint density at radius 3 is 2.75 bits per heavy atom. The number of nitrogens with zero attached hydrogens (tertiary/aromatic N) is 2. The predicted molar refractivity (Wildman–Crippen MR) is 93.6 cm³/mol. The number of methoxy groups -OCH3 is 1. The van der Waals surface area contributed by atoms with E-state index in [4.69, 9.17) is 4.74 Å². The first-order chi connectivity index (χ1) is 11.5. The van der Waals surface area contributed by atoms with Gasteiger partial charge in [-0.1, -0.05) is 6.07 Å². The number of halogens is 1. The van der Waals surface area contributed by atoms with Crippen LogP contribution >= 0.6 is 22.7 Å². The van der Waals surface area contributed by atoms with Crippen LogP contribution < -0.4 is 10.1 Å². The van der Waals surface area contributed by atoms with Crippen LogP contribution in [-0.2, 0) is 0 Å². The summed E-state index contributed by atoms with van der Waals surface area (Å²) < 4.78 is 19.4. The molecule has 1 amide bonds. The second-order valence-corrected chi connectivity index (χ2v) is 7.41. The molecule has 0 atom stereocenters. The van der Waals surface area contributed by atoms with E-state index in [0.717, 1.165) is 4.88 Å². The molecular formula is C16H14FN3O2S2. The molecule has 0 aliphatic rings. The molecule has 0 fully saturated rings. The average Bonchev–Trinajstić information content (AvgIpc) is 3.12. The lowest BCUT2D eigenvalue weighted by atomic mass is 10.2. The largest absolute Gasteiger partial charge is 0.496 e. The predicted octanol–water partition coefficient (Wildman–Crippen LogP) is 4.28. The highest BCUT2D eigenvalue weighted by Gasteiger charge is 2.21. The van der Waals surface area contributed by atoms with Crippen LogP contribution in [0.5, 0.6) is 5.75 Å². The van der Waals surface area contributed by atoms with Crippen molar-refractivity contribution >= 4 is 33.7 Å². The molecule has 0 radical (unpaired) electrons. The summed E-state index contributed by atoms with van der Waals surface area (Å²) in [5.41, 5.74) is 0.519. The van der Waals surface area contributed by atoms with Gasteiger partial charge < -0.3 is 4.74 Å². The van der Waals surface area contributed by atoms with Gasteiger partial charge in [0.25, 0.3) is 5.91 Å². The molecule has 0 saturated carbocycles. The van der Waals surface area contributed by atoms with Crippen molar-refractivity contribution in [1.82, 2.24) is 9.97 Å². The first-order valence-corrected chi connectivity index (χ1v) is 8.67. The highest BCUT2D eigenvalue weighted by Crippen LogP contribution is 2.36. The van der Waals surface area contributed by atoms with Crippen molar-refractivity contribution in [1.29, 1.82) is 0 Å². The maximum atomic E-state index is 14.2. The summed E-state index contributed by atoms with van der Waals surface area (Å²) >= 11 is 2.63. The standard InChI is InChI=1S/C16H14FN3O2S2/c1-8-7-18-16(23-8)20-14(21)13-9(2)24-15(19-13)12-10(17)5-4-6-11(12)22-3/h4-7H,1-3H3,(H,18,20,21). The van der Waals surface area contributed by atoms with Crippen molar-refractivity contribution < 1.29 is 13.9 Å². The van der Waals surface area contributed by atoms with Crippen molar-refractivity contribution in [2.24, 2.45) is 0 Å². The van der Waals surface area contributed by atoms with Crippen molar-refractivity contribution in [2.75, 3.05) is 12.4 Å². The van der Waals surface area contributed by atoms with E-state index in [1.807, 2.05) is 6.92 Å². The molecule has 8 heteroatoms. The zero-order valence-electron chi connectivity index (χ0n) is 13.2. The number of hydrogen-bond acceptors (Lipinski definition) is 6. The average molecular weight is 363 g/mol. The quantitative estimate of drug-likeness (QED) is 0.751. The number of ether oxygens (including phenoxy) is 1. The van der Waals surface area contributed by atoms with Crippen molar-refractivity contribution in [3.8, 4) is 16.3 Å². The summed E-state index contributed by atoms with van der Waals surface area (Å²) in [6.45, 7) is 3.68. The number of hydrogen-bond donors (Lipinski definition) is 1. The molecule has 0 aliphatic carbocycles. The number of aromatic nitrogens is 2. The van der Waals surface area contributed by atoms with Gasteiger partial charge in [-0.3, -0.25) is 10.1 Å². The van der Waals surface area contributed by atoms with Crippen LogP contribution in [0.2, 0.25) is 0 Å². The maximum Gasteiger partial charge on any atom is 0.277 e. The Kier molecular flexibility index (Phi) is 4.59. The van der Waals surface area contributed by atoms with Crippen LogP contribution in [0.25, 0.3) is 10.6 Å². The summed E-state index contributed by atoms with van der Waals surface area (Å²) in [6, 6.07) is 4.57. The molecular weight excluding hydrogens is 349 g/mol. The minimum Gasteiger partial charge on any atom is -0.496 e. The third-order valence-electron chi connectivity index (χ3n) is 3.26. The number of aryl methyl sites for hydroxylation is 2. The SMILES string of the molecule is COc1cccc(F)c1-c1nc(C(=O)Nc2ncc(C)s2)c(C)s1. The van der Waals surface area contributed by atoms with Crippen LogP contribution in [0.1, 0.15) is 20.2 Å². The minimum absolute atomic E-state index is 0.258. The smallest absolute Gasteiger partial charge is 0.277 e. The van der Waals surface area contributed by atoms with E-state index in [1.165, 1.54) is 35.8 Å². The molecule has 1 N–H and O–H groups in total. The first-order valence-electron chi connectivity index (χ1n) is 7.03. The minimum atomic E-state index is -0.439. The summed E-state index contributed by atoms with van der Waals surface area (Å²) in [7, 11) is 1.47. The van der Waals surface area contributed by atoms with E-state index in [1.54, 1.807) is 25.3 Å². The lowest BCUT2D eigenvalue weighted by Crippen LogP contribution is -2.13. The van der Waals surface area contributed by atoms with Crippen LogP contribution in [0, 0.1) is 19.7 Å². The number of rotatable bonds is 4. The van der Waals surface area contributed by atoms with Gasteiger partial charge in [-0.15, -0.1) is 22.7 Å². The number of carbonyl (C=O) groups excluding carboxylic acids is 1. The number of carbonyl (C=O) groups is 1. The maximum absolute atomic E-state index is 14.2. The Labute approximate surface area is 146 Å². The Hall–Kier alpha value is -2.32. The molecule has 2 heterocycles. The second kappa shape index (κ2) is 6.66. The lowest BCUT2D eigenvalue weighted by Gasteiger charge is -2.06. The fraction of sp³-hybridized carbons (Fsp3) is 0.188. The van der Waals surface area contributed by atoms with E-state index < -0.39 is 5.82 Å². The topological polar surface area (TPSA) is 64.1 Å². The zero-order valence-corrected chi connectivity index (χ0v) is 14.8. The van der Waals surface area contributed by atoms with Gasteiger partial charge in [-0.25, -0.2) is 14.4 Å². The van der Waals surface area contributed by atoms with Crippen LogP contribution in [-0.4, -0.2) is 23.0 Å². The van der Waals surface area contributed by atoms with E-state index in [0.29, 0.717) is 20.8 Å². The van der Waals surface area contributed by atoms with E-state index in [2.05, 4.69) is 15.3 Å². The molecule has 0 saturated heterocycles. The van der Waals surface area contributed by atoms with Gasteiger partial charge in [0.15, 0.2) is 5.13 Å². The number of thiazole rings is 2. The monoisotopic (exact) mass is 363 g/mol. The molecule has 0 bridgehead atoms. The molecule has 3 rings (SSSR count). The van der Waals surface area contributed by atoms with Gasteiger partial charge in [0.1, 0.15) is 22.3 Å². The Morgan fingerprint density at radius 1 is 1.29 bits per heavy atom. The third-order valence-corrected chi connectivity index (χ3v) is 5.08. The Balaban J connectivity index is 1.95. The van der Waals surface area contributed by atoms with Gasteiger partial charge in [-0.05, 0) is 26.0 Å². The highest BCUT2D eigenvalue weighted by atomic mass is 32.1. The molecule has 1 aromatic carbocycles. The van der Waals surface area contributed by atoms with Gasteiger partial charge in [0.05, 0.1) is 12.7 Å². The van der Waals surface area contributed by atoms with Crippen LogP contribution in [0.15, 0.2) is 24.4 Å². The van der Waals surface area contributed by atoms with Crippen LogP contribution in [0.3, 0.4) is 0 Å². The first kappa shape index (κ1) is 16.5. The Bertz CT molecular complexity index is 905. The van der Waals surface area contributed by atoms with E-state index >= 15 is 0 Å². The van der Waals surface area contributed by atoms with Crippen molar-refractivity contribution in [3.63, 3.8) is 0 Å². The Morgan fingerprint density at radius 2 is 2.08 bits per heavy atom. The van der Waals surface area contributed by atoms with Gasteiger partial charge in [-0.2, -0.15) is 0 Å². The normalized spacial score (nSPS) is 10.7. The zero-order chi connectivity index (χ0) is 17.3. The number of nitrogens with one attached hydrogen (secondary N) is 1. The summed E-state index contributed by atoms with van der Waals surface area (Å²) in [5.74, 6) is -0.420. The van der Waals surface area contributed by atoms with Crippen LogP contribution in [0.4, 0.5) is 9.52 Å². The van der Waals surface area contributed by atoms with Gasteiger partial charge >= 0.3 is 0 Å². The van der Waals surface area contributed by atoms with Gasteiger partial charge in [0, 0.05) is 16.0 Å². The summed E-state index contributed by atoms with van der Waals surface area (Å²) in [6.07, 6.45) is 1.68. The molecule has 124 valence electrons. The van der Waals surface area contributed by atoms with E-state index in [-0.39, 0.29) is 17.2 Å². The number of anilines is 1. The third kappa shape index (κ3) is 3.15. The molecule has 24 heavy (non-hydrogen) atoms. The molecule has 5 nitrogen and oxygen atoms in total. The second-order valence-electron chi connectivity index (χ2n) is 4.97. The molecule has 2 aromatic heterocycles. The summed E-state index contributed by atoms with van der Waals surface area (Å²) in [4.78, 5) is 22.5. The number of benzene rings is 1. The molecule has 3 aromatic rings.